The molecule has 0 saturated carbocycles. The number of ether oxygens (including phenoxy) is 1. The van der Waals surface area contributed by atoms with E-state index in [9.17, 15) is 17.6 Å². The monoisotopic (exact) mass is 516 g/mol. The quantitative estimate of drug-likeness (QED) is 0.295. The van der Waals surface area contributed by atoms with Crippen LogP contribution in [0.2, 0.25) is 5.02 Å². The van der Waals surface area contributed by atoms with Gasteiger partial charge in [-0.3, -0.25) is 4.79 Å². The minimum Gasteiger partial charge on any atom is -0.497 e. The fourth-order valence-corrected chi connectivity index (χ4v) is 6.37. The summed E-state index contributed by atoms with van der Waals surface area (Å²) in [6, 6.07) is 17.5. The molecule has 0 bridgehead atoms. The fraction of sp³-hybridized carbons (Fsp3) is 0.0417. The van der Waals surface area contributed by atoms with Crippen molar-refractivity contribution in [2.45, 2.75) is 9.79 Å². The molecule has 0 spiro atoms. The number of sulfone groups is 1. The number of hydrogen-bond acceptors (Lipinski definition) is 7. The Balaban J connectivity index is 1.87. The number of carbonyl (C=O) groups excluding carboxylic acids is 1. The van der Waals surface area contributed by atoms with Gasteiger partial charge in [-0.25, -0.2) is 12.8 Å². The highest BCUT2D eigenvalue weighted by molar-refractivity contribution is 7.92. The second-order valence-electron chi connectivity index (χ2n) is 7.15. The normalized spacial score (nSPS) is 11.3. The van der Waals surface area contributed by atoms with E-state index in [1.807, 2.05) is 0 Å². The van der Waals surface area contributed by atoms with Crippen molar-refractivity contribution < 1.29 is 22.3 Å². The van der Waals surface area contributed by atoms with Crippen molar-refractivity contribution in [3.63, 3.8) is 0 Å². The number of nitrogens with one attached hydrogen (secondary N) is 1. The molecule has 1 aromatic heterocycles. The van der Waals surface area contributed by atoms with Crippen LogP contribution in [0.25, 0.3) is 0 Å². The van der Waals surface area contributed by atoms with Gasteiger partial charge >= 0.3 is 0 Å². The van der Waals surface area contributed by atoms with Crippen molar-refractivity contribution in [1.29, 1.82) is 0 Å². The molecule has 4 rings (SSSR count). The lowest BCUT2D eigenvalue weighted by atomic mass is 10.1. The van der Waals surface area contributed by atoms with Crippen LogP contribution in [0.15, 0.2) is 82.6 Å². The summed E-state index contributed by atoms with van der Waals surface area (Å²) >= 11 is 6.97. The number of carbonyl (C=O) groups is 1. The number of methoxy groups -OCH3 is 1. The number of thiophene rings is 1. The van der Waals surface area contributed by atoms with Gasteiger partial charge in [-0.1, -0.05) is 17.7 Å². The molecule has 0 atom stereocenters. The zero-order valence-electron chi connectivity index (χ0n) is 17.7. The Kier molecular flexibility index (Phi) is 6.60. The fourth-order valence-electron chi connectivity index (χ4n) is 3.25. The summed E-state index contributed by atoms with van der Waals surface area (Å²) in [5, 5.41) is 3.62. The van der Waals surface area contributed by atoms with Crippen molar-refractivity contribution >= 4 is 54.9 Å². The van der Waals surface area contributed by atoms with Crippen LogP contribution in [0.4, 0.5) is 20.8 Å². The topological polar surface area (TPSA) is 98.5 Å². The van der Waals surface area contributed by atoms with Crippen LogP contribution in [0, 0.1) is 5.82 Å². The van der Waals surface area contributed by atoms with Gasteiger partial charge in [0, 0.05) is 16.3 Å². The van der Waals surface area contributed by atoms with Crippen LogP contribution in [-0.2, 0) is 9.84 Å². The van der Waals surface area contributed by atoms with Gasteiger partial charge in [-0.05, 0) is 66.7 Å². The average Bonchev–Trinajstić information content (AvgIpc) is 3.15. The van der Waals surface area contributed by atoms with E-state index in [1.165, 1.54) is 43.5 Å². The Hall–Kier alpha value is -3.40. The molecule has 6 nitrogen and oxygen atoms in total. The maximum Gasteiger partial charge on any atom is 0.211 e. The van der Waals surface area contributed by atoms with Crippen molar-refractivity contribution in [3.8, 4) is 5.75 Å². The molecule has 0 saturated heterocycles. The first-order chi connectivity index (χ1) is 16.2. The summed E-state index contributed by atoms with van der Waals surface area (Å²) in [6.45, 7) is 0. The molecular formula is C24H18ClFN2O4S2. The predicted octanol–water partition coefficient (Wildman–Crippen LogP) is 5.94. The summed E-state index contributed by atoms with van der Waals surface area (Å²) in [7, 11) is -2.66. The molecule has 1 heterocycles. The second-order valence-corrected chi connectivity index (χ2v) is 10.5. The average molecular weight is 517 g/mol. The van der Waals surface area contributed by atoms with Gasteiger partial charge in [-0.2, -0.15) is 0 Å². The van der Waals surface area contributed by atoms with Gasteiger partial charge in [0.05, 0.1) is 17.7 Å². The lowest BCUT2D eigenvalue weighted by molar-refractivity contribution is 0.104. The van der Waals surface area contributed by atoms with Crippen molar-refractivity contribution in [1.82, 2.24) is 0 Å². The number of ketones is 1. The molecule has 10 heteroatoms. The third kappa shape index (κ3) is 4.63. The molecule has 0 fully saturated rings. The number of rotatable bonds is 7. The minimum atomic E-state index is -4.13. The van der Waals surface area contributed by atoms with E-state index < -0.39 is 21.4 Å². The minimum absolute atomic E-state index is 0.0169. The van der Waals surface area contributed by atoms with E-state index in [0.717, 1.165) is 23.5 Å². The summed E-state index contributed by atoms with van der Waals surface area (Å²) in [5.41, 5.74) is 6.78. The first-order valence-electron chi connectivity index (χ1n) is 9.85. The molecule has 4 aromatic rings. The van der Waals surface area contributed by atoms with Gasteiger partial charge in [0.15, 0.2) is 0 Å². The van der Waals surface area contributed by atoms with Crippen LogP contribution in [-0.4, -0.2) is 21.3 Å². The van der Waals surface area contributed by atoms with Crippen LogP contribution in [0.1, 0.15) is 15.2 Å². The second kappa shape index (κ2) is 9.46. The number of nitrogen functional groups attached to an aromatic ring is 1. The summed E-state index contributed by atoms with van der Waals surface area (Å²) in [6.07, 6.45) is 0. The van der Waals surface area contributed by atoms with Gasteiger partial charge in [0.1, 0.15) is 26.3 Å². The molecule has 0 radical (unpaired) electrons. The van der Waals surface area contributed by atoms with Crippen LogP contribution in [0.5, 0.6) is 5.75 Å². The van der Waals surface area contributed by atoms with E-state index in [-0.39, 0.29) is 30.9 Å². The first-order valence-corrected chi connectivity index (χ1v) is 12.5. The molecule has 34 heavy (non-hydrogen) atoms. The number of hydrogen-bond donors (Lipinski definition) is 2. The van der Waals surface area contributed by atoms with Crippen molar-refractivity contribution in [2.75, 3.05) is 18.2 Å². The molecule has 0 aliphatic rings. The molecule has 0 unspecified atom stereocenters. The van der Waals surface area contributed by atoms with E-state index >= 15 is 0 Å². The Morgan fingerprint density at radius 3 is 2.35 bits per heavy atom. The third-order valence-corrected chi connectivity index (χ3v) is 8.27. The van der Waals surface area contributed by atoms with Gasteiger partial charge in [-0.15, -0.1) is 11.3 Å². The Bertz CT molecular complexity index is 1470. The van der Waals surface area contributed by atoms with Gasteiger partial charge in [0.2, 0.25) is 15.6 Å². The summed E-state index contributed by atoms with van der Waals surface area (Å²) in [5.74, 6) is -0.531. The molecule has 0 aliphatic carbocycles. The lowest BCUT2D eigenvalue weighted by Crippen LogP contribution is -2.08. The summed E-state index contributed by atoms with van der Waals surface area (Å²) in [4.78, 5) is 12.9. The number of anilines is 3. The molecule has 0 amide bonds. The van der Waals surface area contributed by atoms with E-state index in [4.69, 9.17) is 22.1 Å². The Labute approximate surface area is 204 Å². The van der Waals surface area contributed by atoms with Crippen LogP contribution >= 0.6 is 22.9 Å². The van der Waals surface area contributed by atoms with Crippen LogP contribution < -0.4 is 15.8 Å². The largest absolute Gasteiger partial charge is 0.497 e. The van der Waals surface area contributed by atoms with Gasteiger partial charge in [0.25, 0.3) is 0 Å². The molecule has 0 aliphatic heterocycles. The molecule has 3 N–H and O–H groups in total. The standard InChI is InChI=1S/C24H18ClFN2O4S2/c1-32-18-9-11-19(12-10-18)34(30,31)23-20(27)22(21(29)14-5-7-16(26)8-6-14)33-24(23)28-17-4-2-3-15(25)13-17/h2-13,28H,27H2,1H3. The van der Waals surface area contributed by atoms with E-state index in [2.05, 4.69) is 5.32 Å². The van der Waals surface area contributed by atoms with Crippen LogP contribution in [0.3, 0.4) is 0 Å². The highest BCUT2D eigenvalue weighted by Gasteiger charge is 2.31. The van der Waals surface area contributed by atoms with Crippen molar-refractivity contribution in [2.24, 2.45) is 0 Å². The van der Waals surface area contributed by atoms with Gasteiger partial charge < -0.3 is 15.8 Å². The third-order valence-electron chi connectivity index (χ3n) is 4.93. The predicted molar refractivity (Wildman–Crippen MR) is 132 cm³/mol. The zero-order chi connectivity index (χ0) is 24.5. The Morgan fingerprint density at radius 1 is 1.06 bits per heavy atom. The number of nitrogens with two attached hydrogens (primary N) is 1. The highest BCUT2D eigenvalue weighted by Crippen LogP contribution is 2.44. The SMILES string of the molecule is COc1ccc(S(=O)(=O)c2c(Nc3cccc(Cl)c3)sc(C(=O)c3ccc(F)cc3)c2N)cc1. The molecule has 174 valence electrons. The number of halogens is 2. The molecule has 3 aromatic carbocycles. The lowest BCUT2D eigenvalue weighted by Gasteiger charge is -2.10. The number of benzene rings is 3. The van der Waals surface area contributed by atoms with E-state index in [1.54, 1.807) is 24.3 Å². The highest BCUT2D eigenvalue weighted by atomic mass is 35.5. The maximum atomic E-state index is 13.6. The van der Waals surface area contributed by atoms with E-state index in [0.29, 0.717) is 16.5 Å². The maximum absolute atomic E-state index is 13.6. The zero-order valence-corrected chi connectivity index (χ0v) is 20.1. The first kappa shape index (κ1) is 23.7. The Morgan fingerprint density at radius 2 is 1.74 bits per heavy atom. The molecular weight excluding hydrogens is 499 g/mol. The van der Waals surface area contributed by atoms with Crippen molar-refractivity contribution in [3.05, 3.63) is 94.1 Å². The smallest absolute Gasteiger partial charge is 0.211 e. The summed E-state index contributed by atoms with van der Waals surface area (Å²) < 4.78 is 45.7.